The van der Waals surface area contributed by atoms with E-state index >= 15 is 0 Å². The normalized spacial score (nSPS) is 16.4. The molecule has 0 amide bonds. The number of rotatable bonds is 5. The smallest absolute Gasteiger partial charge is 0.244 e. The summed E-state index contributed by atoms with van der Waals surface area (Å²) in [7, 11) is -3.41. The summed E-state index contributed by atoms with van der Waals surface area (Å²) in [5.41, 5.74) is 2.82. The minimum absolute atomic E-state index is 0.263. The fourth-order valence-corrected chi connectivity index (χ4v) is 4.74. The fourth-order valence-electron chi connectivity index (χ4n) is 2.56. The minimum atomic E-state index is -3.41. The van der Waals surface area contributed by atoms with Crippen LogP contribution in [0.3, 0.4) is 0 Å². The minimum Gasteiger partial charge on any atom is -0.365 e. The summed E-state index contributed by atoms with van der Waals surface area (Å²) in [6.07, 6.45) is 4.40. The van der Waals surface area contributed by atoms with E-state index in [1.807, 2.05) is 12.4 Å². The van der Waals surface area contributed by atoms with Crippen LogP contribution in [-0.4, -0.2) is 35.8 Å². The van der Waals surface area contributed by atoms with Crippen LogP contribution in [0, 0.1) is 6.92 Å². The maximum atomic E-state index is 12.5. The number of nitrogens with one attached hydrogen (secondary N) is 1. The average Bonchev–Trinajstić information content (AvgIpc) is 2.99. The first kappa shape index (κ1) is 16.4. The van der Waals surface area contributed by atoms with Crippen LogP contribution in [-0.2, 0) is 16.6 Å². The van der Waals surface area contributed by atoms with Crippen molar-refractivity contribution in [2.75, 3.05) is 18.4 Å². The number of hydrogen-bond donors (Lipinski definition) is 1. The molecule has 0 aliphatic carbocycles. The maximum Gasteiger partial charge on any atom is 0.244 e. The molecule has 1 aliphatic rings. The first-order valence-corrected chi connectivity index (χ1v) is 9.98. The Hall–Kier alpha value is -1.51. The Kier molecular flexibility index (Phi) is 4.93. The van der Waals surface area contributed by atoms with Gasteiger partial charge in [0.25, 0.3) is 0 Å². The zero-order chi connectivity index (χ0) is 16.3. The number of anilines is 1. The van der Waals surface area contributed by atoms with Gasteiger partial charge in [0.05, 0.1) is 17.7 Å². The zero-order valence-corrected chi connectivity index (χ0v) is 14.7. The van der Waals surface area contributed by atoms with Crippen LogP contribution in [0.25, 0.3) is 0 Å². The van der Waals surface area contributed by atoms with Crippen molar-refractivity contribution in [3.8, 4) is 0 Å². The van der Waals surface area contributed by atoms with Gasteiger partial charge in [-0.3, -0.25) is 0 Å². The molecule has 1 saturated heterocycles. The molecule has 6 nitrogen and oxygen atoms in total. The predicted octanol–water partition coefficient (Wildman–Crippen LogP) is 2.63. The highest BCUT2D eigenvalue weighted by molar-refractivity contribution is 7.89. The molecule has 0 bridgehead atoms. The predicted molar refractivity (Wildman–Crippen MR) is 91.0 cm³/mol. The van der Waals surface area contributed by atoms with E-state index < -0.39 is 10.0 Å². The lowest BCUT2D eigenvalue weighted by molar-refractivity contribution is 0.346. The molecule has 0 spiro atoms. The summed E-state index contributed by atoms with van der Waals surface area (Å²) in [5, 5.41) is 3.20. The van der Waals surface area contributed by atoms with Gasteiger partial charge < -0.3 is 5.32 Å². The third kappa shape index (κ3) is 3.70. The molecule has 0 atom stereocenters. The second kappa shape index (κ2) is 6.94. The molecule has 1 fully saturated rings. The second-order valence-corrected chi connectivity index (χ2v) is 8.44. The number of pyridine rings is 1. The van der Waals surface area contributed by atoms with E-state index in [4.69, 9.17) is 0 Å². The molecule has 2 aromatic rings. The molecular weight excluding hydrogens is 332 g/mol. The van der Waals surface area contributed by atoms with Crippen LogP contribution < -0.4 is 5.32 Å². The van der Waals surface area contributed by atoms with Crippen molar-refractivity contribution in [2.45, 2.75) is 37.6 Å². The van der Waals surface area contributed by atoms with Crippen molar-refractivity contribution >= 4 is 27.2 Å². The lowest BCUT2D eigenvalue weighted by Gasteiger charge is -2.25. The molecule has 1 aliphatic heterocycles. The van der Waals surface area contributed by atoms with E-state index in [9.17, 15) is 8.42 Å². The van der Waals surface area contributed by atoms with Crippen molar-refractivity contribution in [1.82, 2.24) is 14.3 Å². The third-order valence-corrected chi connectivity index (χ3v) is 6.78. The van der Waals surface area contributed by atoms with E-state index in [1.54, 1.807) is 27.8 Å². The van der Waals surface area contributed by atoms with Crippen molar-refractivity contribution < 1.29 is 8.42 Å². The van der Waals surface area contributed by atoms with Gasteiger partial charge in [-0.05, 0) is 31.9 Å². The van der Waals surface area contributed by atoms with Crippen molar-refractivity contribution in [3.05, 3.63) is 34.4 Å². The lowest BCUT2D eigenvalue weighted by Crippen LogP contribution is -2.35. The molecule has 124 valence electrons. The van der Waals surface area contributed by atoms with E-state index in [2.05, 4.69) is 15.3 Å². The van der Waals surface area contributed by atoms with E-state index in [0.717, 1.165) is 29.8 Å². The van der Waals surface area contributed by atoms with Gasteiger partial charge in [-0.1, -0.05) is 6.42 Å². The summed E-state index contributed by atoms with van der Waals surface area (Å²) < 4.78 is 26.7. The molecule has 0 saturated carbocycles. The van der Waals surface area contributed by atoms with Crippen molar-refractivity contribution in [3.63, 3.8) is 0 Å². The molecule has 0 aromatic carbocycles. The van der Waals surface area contributed by atoms with Gasteiger partial charge in [-0.25, -0.2) is 18.4 Å². The zero-order valence-electron chi connectivity index (χ0n) is 13.0. The number of piperidine rings is 1. The molecule has 0 radical (unpaired) electrons. The van der Waals surface area contributed by atoms with Crippen LogP contribution >= 0.6 is 11.3 Å². The average molecular weight is 352 g/mol. The van der Waals surface area contributed by atoms with Crippen LogP contribution in [0.2, 0.25) is 0 Å². The van der Waals surface area contributed by atoms with Gasteiger partial charge >= 0.3 is 0 Å². The lowest BCUT2D eigenvalue weighted by atomic mass is 10.2. The highest BCUT2D eigenvalue weighted by Gasteiger charge is 2.26. The molecule has 3 heterocycles. The number of aromatic nitrogens is 2. The number of aryl methyl sites for hydroxylation is 1. The Morgan fingerprint density at radius 1 is 1.22 bits per heavy atom. The number of hydrogen-bond acceptors (Lipinski definition) is 6. The molecule has 2 aromatic heterocycles. The largest absolute Gasteiger partial charge is 0.365 e. The highest BCUT2D eigenvalue weighted by Crippen LogP contribution is 2.21. The van der Waals surface area contributed by atoms with Gasteiger partial charge in [0.2, 0.25) is 10.0 Å². The monoisotopic (exact) mass is 352 g/mol. The summed E-state index contributed by atoms with van der Waals surface area (Å²) >= 11 is 1.59. The standard InChI is InChI=1S/C15H20N4O2S2/c1-12-14(22-11-18-12)10-17-15-6-5-13(9-16-15)23(20,21)19-7-3-2-4-8-19/h5-6,9,11H,2-4,7-8,10H2,1H3,(H,16,17). The molecular formula is C15H20N4O2S2. The SMILES string of the molecule is Cc1ncsc1CNc1ccc(S(=O)(=O)N2CCCCC2)cn1. The molecule has 23 heavy (non-hydrogen) atoms. The summed E-state index contributed by atoms with van der Waals surface area (Å²) in [4.78, 5) is 9.85. The van der Waals surface area contributed by atoms with E-state index in [0.29, 0.717) is 25.5 Å². The Balaban J connectivity index is 1.68. The summed E-state index contributed by atoms with van der Waals surface area (Å²) in [6, 6.07) is 3.34. The van der Waals surface area contributed by atoms with E-state index in [1.165, 1.54) is 6.20 Å². The van der Waals surface area contributed by atoms with Crippen molar-refractivity contribution in [2.24, 2.45) is 0 Å². The molecule has 3 rings (SSSR count). The fraction of sp³-hybridized carbons (Fsp3) is 0.467. The molecule has 1 N–H and O–H groups in total. The Labute approximate surface area is 140 Å². The number of thiazole rings is 1. The Bertz CT molecular complexity index is 750. The maximum absolute atomic E-state index is 12.5. The van der Waals surface area contributed by atoms with Crippen LogP contribution in [0.1, 0.15) is 29.8 Å². The highest BCUT2D eigenvalue weighted by atomic mass is 32.2. The van der Waals surface area contributed by atoms with Crippen LogP contribution in [0.4, 0.5) is 5.82 Å². The molecule has 0 unspecified atom stereocenters. The Morgan fingerprint density at radius 3 is 2.61 bits per heavy atom. The first-order chi connectivity index (χ1) is 11.1. The quantitative estimate of drug-likeness (QED) is 0.895. The number of sulfonamides is 1. The number of nitrogens with zero attached hydrogens (tertiary/aromatic N) is 3. The van der Waals surface area contributed by atoms with Crippen LogP contribution in [0.5, 0.6) is 0 Å². The van der Waals surface area contributed by atoms with Crippen LogP contribution in [0.15, 0.2) is 28.7 Å². The summed E-state index contributed by atoms with van der Waals surface area (Å²) in [6.45, 7) is 3.82. The molecule has 8 heteroatoms. The first-order valence-electron chi connectivity index (χ1n) is 7.66. The van der Waals surface area contributed by atoms with Gasteiger partial charge in [-0.15, -0.1) is 11.3 Å². The Morgan fingerprint density at radius 2 is 2.00 bits per heavy atom. The summed E-state index contributed by atoms with van der Waals surface area (Å²) in [5.74, 6) is 0.662. The van der Waals surface area contributed by atoms with Gasteiger partial charge in [0.1, 0.15) is 10.7 Å². The van der Waals surface area contributed by atoms with Gasteiger partial charge in [0.15, 0.2) is 0 Å². The van der Waals surface area contributed by atoms with E-state index in [-0.39, 0.29) is 4.90 Å². The van der Waals surface area contributed by atoms with Gasteiger partial charge in [-0.2, -0.15) is 4.31 Å². The van der Waals surface area contributed by atoms with Crippen molar-refractivity contribution in [1.29, 1.82) is 0 Å². The second-order valence-electron chi connectivity index (χ2n) is 5.56. The van der Waals surface area contributed by atoms with Gasteiger partial charge in [0, 0.05) is 24.2 Å². The topological polar surface area (TPSA) is 75.2 Å². The third-order valence-electron chi connectivity index (χ3n) is 3.96.